The summed E-state index contributed by atoms with van der Waals surface area (Å²) in [6.07, 6.45) is 0. The van der Waals surface area contributed by atoms with Gasteiger partial charge in [-0.2, -0.15) is 0 Å². The molecule has 23 heavy (non-hydrogen) atoms. The van der Waals surface area contributed by atoms with Crippen LogP contribution in [0.5, 0.6) is 11.5 Å². The normalized spacial score (nSPS) is 10.8. The lowest BCUT2D eigenvalue weighted by molar-refractivity contribution is 0.215. The van der Waals surface area contributed by atoms with Crippen LogP contribution in [0.3, 0.4) is 0 Å². The number of para-hydroxylation sites is 1. The van der Waals surface area contributed by atoms with E-state index in [1.54, 1.807) is 0 Å². The van der Waals surface area contributed by atoms with Crippen LogP contribution in [-0.2, 0) is 6.54 Å². The van der Waals surface area contributed by atoms with Gasteiger partial charge < -0.3 is 14.8 Å². The van der Waals surface area contributed by atoms with Crippen LogP contribution >= 0.6 is 0 Å². The van der Waals surface area contributed by atoms with Gasteiger partial charge in [0.2, 0.25) is 0 Å². The topological polar surface area (TPSA) is 30.5 Å². The van der Waals surface area contributed by atoms with Crippen molar-refractivity contribution in [2.75, 3.05) is 19.8 Å². The molecule has 2 aromatic carbocycles. The standard InChI is InChI=1S/C20H27NO2/c1-4-21-15-18-7-5-6-8-20(18)23-14-13-22-19-11-9-17(10-12-19)16(2)3/h5-12,16,21H,4,13-15H2,1-3H3. The van der Waals surface area contributed by atoms with Gasteiger partial charge in [0.15, 0.2) is 0 Å². The molecule has 0 saturated carbocycles. The Hall–Kier alpha value is -2.00. The fourth-order valence-corrected chi connectivity index (χ4v) is 2.31. The van der Waals surface area contributed by atoms with Gasteiger partial charge in [-0.1, -0.05) is 51.1 Å². The second-order valence-electron chi connectivity index (χ2n) is 5.81. The maximum atomic E-state index is 5.85. The van der Waals surface area contributed by atoms with Crippen LogP contribution in [0, 0.1) is 0 Å². The summed E-state index contributed by atoms with van der Waals surface area (Å²) in [7, 11) is 0. The van der Waals surface area contributed by atoms with E-state index in [0.29, 0.717) is 19.1 Å². The van der Waals surface area contributed by atoms with E-state index >= 15 is 0 Å². The zero-order valence-corrected chi connectivity index (χ0v) is 14.3. The summed E-state index contributed by atoms with van der Waals surface area (Å²) >= 11 is 0. The van der Waals surface area contributed by atoms with Crippen LogP contribution in [0.1, 0.15) is 37.8 Å². The van der Waals surface area contributed by atoms with Crippen LogP contribution in [0.15, 0.2) is 48.5 Å². The van der Waals surface area contributed by atoms with Crippen molar-refractivity contribution in [2.45, 2.75) is 33.2 Å². The SMILES string of the molecule is CCNCc1ccccc1OCCOc1ccc(C(C)C)cc1. The van der Waals surface area contributed by atoms with Crippen molar-refractivity contribution in [3.05, 3.63) is 59.7 Å². The number of benzene rings is 2. The van der Waals surface area contributed by atoms with Gasteiger partial charge in [0.1, 0.15) is 24.7 Å². The van der Waals surface area contributed by atoms with E-state index in [1.807, 2.05) is 30.3 Å². The smallest absolute Gasteiger partial charge is 0.123 e. The Kier molecular flexibility index (Phi) is 6.95. The fraction of sp³-hybridized carbons (Fsp3) is 0.400. The third kappa shape index (κ3) is 5.61. The third-order valence-electron chi connectivity index (χ3n) is 3.69. The number of hydrogen-bond acceptors (Lipinski definition) is 3. The zero-order chi connectivity index (χ0) is 16.5. The molecule has 2 rings (SSSR count). The van der Waals surface area contributed by atoms with E-state index in [2.05, 4.69) is 44.3 Å². The van der Waals surface area contributed by atoms with Crippen LogP contribution < -0.4 is 14.8 Å². The third-order valence-corrected chi connectivity index (χ3v) is 3.69. The molecule has 124 valence electrons. The molecule has 0 amide bonds. The summed E-state index contributed by atoms with van der Waals surface area (Å²) in [4.78, 5) is 0. The molecule has 0 aromatic heterocycles. The quantitative estimate of drug-likeness (QED) is 0.697. The van der Waals surface area contributed by atoms with Gasteiger partial charge in [-0.15, -0.1) is 0 Å². The first-order valence-corrected chi connectivity index (χ1v) is 8.35. The Morgan fingerprint density at radius 2 is 1.61 bits per heavy atom. The Bertz CT molecular complexity index is 578. The predicted octanol–water partition coefficient (Wildman–Crippen LogP) is 4.38. The monoisotopic (exact) mass is 313 g/mol. The fourth-order valence-electron chi connectivity index (χ4n) is 2.31. The molecule has 0 aliphatic carbocycles. The average Bonchev–Trinajstić information content (AvgIpc) is 2.58. The van der Waals surface area contributed by atoms with E-state index in [1.165, 1.54) is 11.1 Å². The highest BCUT2D eigenvalue weighted by molar-refractivity contribution is 5.33. The summed E-state index contributed by atoms with van der Waals surface area (Å²) in [5, 5.41) is 3.32. The molecule has 0 fully saturated rings. The van der Waals surface area contributed by atoms with Crippen LogP contribution in [0.4, 0.5) is 0 Å². The summed E-state index contributed by atoms with van der Waals surface area (Å²) in [5.74, 6) is 2.35. The zero-order valence-electron chi connectivity index (χ0n) is 14.3. The van der Waals surface area contributed by atoms with Crippen LogP contribution in [0.2, 0.25) is 0 Å². The highest BCUT2D eigenvalue weighted by atomic mass is 16.5. The molecule has 0 unspecified atom stereocenters. The molecule has 0 saturated heterocycles. The Morgan fingerprint density at radius 3 is 2.30 bits per heavy atom. The van der Waals surface area contributed by atoms with Gasteiger partial charge in [-0.3, -0.25) is 0 Å². The van der Waals surface area contributed by atoms with Crippen molar-refractivity contribution < 1.29 is 9.47 Å². The van der Waals surface area contributed by atoms with Crippen LogP contribution in [-0.4, -0.2) is 19.8 Å². The number of nitrogens with one attached hydrogen (secondary N) is 1. The van der Waals surface area contributed by atoms with Crippen molar-refractivity contribution >= 4 is 0 Å². The highest BCUT2D eigenvalue weighted by Gasteiger charge is 2.03. The van der Waals surface area contributed by atoms with Gasteiger partial charge in [-0.05, 0) is 36.2 Å². The predicted molar refractivity (Wildman–Crippen MR) is 95.3 cm³/mol. The molecule has 0 spiro atoms. The molecule has 0 radical (unpaired) electrons. The van der Waals surface area contributed by atoms with Crippen LogP contribution in [0.25, 0.3) is 0 Å². The maximum Gasteiger partial charge on any atom is 0.123 e. The van der Waals surface area contributed by atoms with Gasteiger partial charge in [0.25, 0.3) is 0 Å². The molecule has 3 heteroatoms. The van der Waals surface area contributed by atoms with E-state index in [9.17, 15) is 0 Å². The van der Waals surface area contributed by atoms with Crippen molar-refractivity contribution in [3.63, 3.8) is 0 Å². The lowest BCUT2D eigenvalue weighted by atomic mass is 10.0. The van der Waals surface area contributed by atoms with E-state index in [4.69, 9.17) is 9.47 Å². The summed E-state index contributed by atoms with van der Waals surface area (Å²) in [5.41, 5.74) is 2.50. The van der Waals surface area contributed by atoms with E-state index in [0.717, 1.165) is 24.6 Å². The molecule has 0 aliphatic rings. The molecule has 0 heterocycles. The number of rotatable bonds is 9. The Balaban J connectivity index is 1.79. The average molecular weight is 313 g/mol. The minimum atomic E-state index is 0.537. The molecular weight excluding hydrogens is 286 g/mol. The maximum absolute atomic E-state index is 5.85. The largest absolute Gasteiger partial charge is 0.490 e. The first-order chi connectivity index (χ1) is 11.2. The minimum absolute atomic E-state index is 0.537. The van der Waals surface area contributed by atoms with Gasteiger partial charge in [0.05, 0.1) is 0 Å². The summed E-state index contributed by atoms with van der Waals surface area (Å²) in [6, 6.07) is 16.4. The van der Waals surface area contributed by atoms with Crippen molar-refractivity contribution in [2.24, 2.45) is 0 Å². The molecule has 2 aromatic rings. The van der Waals surface area contributed by atoms with E-state index in [-0.39, 0.29) is 0 Å². The Morgan fingerprint density at radius 1 is 0.913 bits per heavy atom. The van der Waals surface area contributed by atoms with Crippen molar-refractivity contribution in [1.82, 2.24) is 5.32 Å². The second kappa shape index (κ2) is 9.21. The van der Waals surface area contributed by atoms with E-state index < -0.39 is 0 Å². The van der Waals surface area contributed by atoms with Gasteiger partial charge in [-0.25, -0.2) is 0 Å². The lowest BCUT2D eigenvalue weighted by Gasteiger charge is -2.13. The second-order valence-corrected chi connectivity index (χ2v) is 5.81. The number of ether oxygens (including phenoxy) is 2. The molecule has 0 atom stereocenters. The summed E-state index contributed by atoms with van der Waals surface area (Å²) < 4.78 is 11.6. The molecule has 0 bridgehead atoms. The molecule has 0 aliphatic heterocycles. The van der Waals surface area contributed by atoms with Gasteiger partial charge in [0, 0.05) is 12.1 Å². The van der Waals surface area contributed by atoms with Gasteiger partial charge >= 0.3 is 0 Å². The van der Waals surface area contributed by atoms with Crippen molar-refractivity contribution in [1.29, 1.82) is 0 Å². The highest BCUT2D eigenvalue weighted by Crippen LogP contribution is 2.19. The lowest BCUT2D eigenvalue weighted by Crippen LogP contribution is -2.14. The first-order valence-electron chi connectivity index (χ1n) is 8.35. The molecule has 1 N–H and O–H groups in total. The minimum Gasteiger partial charge on any atom is -0.490 e. The first kappa shape index (κ1) is 17.4. The summed E-state index contributed by atoms with van der Waals surface area (Å²) in [6.45, 7) is 9.32. The molecular formula is C20H27NO2. The number of hydrogen-bond donors (Lipinski definition) is 1. The Labute approximate surface area is 139 Å². The van der Waals surface area contributed by atoms with Crippen molar-refractivity contribution in [3.8, 4) is 11.5 Å². The molecule has 3 nitrogen and oxygen atoms in total.